The Hall–Kier alpha value is -3.57. The maximum absolute atomic E-state index is 13.2. The van der Waals surface area contributed by atoms with Gasteiger partial charge in [-0.3, -0.25) is 0 Å². The zero-order chi connectivity index (χ0) is 29.4. The summed E-state index contributed by atoms with van der Waals surface area (Å²) in [6, 6.07) is 12.0. The molecule has 10 nitrogen and oxygen atoms in total. The number of hydrogen-bond donors (Lipinski definition) is 3. The van der Waals surface area contributed by atoms with Crippen LogP contribution in [0.1, 0.15) is 67.6 Å². The van der Waals surface area contributed by atoms with E-state index in [0.29, 0.717) is 29.7 Å². The summed E-state index contributed by atoms with van der Waals surface area (Å²) in [6.45, 7) is 8.66. The van der Waals surface area contributed by atoms with Crippen molar-refractivity contribution in [3.63, 3.8) is 0 Å². The predicted octanol–water partition coefficient (Wildman–Crippen LogP) is 4.98. The molecule has 2 heterocycles. The van der Waals surface area contributed by atoms with Gasteiger partial charge >= 0.3 is 5.97 Å². The van der Waals surface area contributed by atoms with Crippen LogP contribution in [0.25, 0.3) is 11.3 Å². The monoisotopic (exact) mass is 579 g/mol. The van der Waals surface area contributed by atoms with Crippen molar-refractivity contribution in [1.29, 1.82) is 0 Å². The van der Waals surface area contributed by atoms with E-state index in [1.54, 1.807) is 6.07 Å². The second kappa shape index (κ2) is 11.4. The van der Waals surface area contributed by atoms with Crippen LogP contribution in [-0.2, 0) is 10.0 Å². The highest BCUT2D eigenvalue weighted by molar-refractivity contribution is 7.92. The number of carbonyl (C=O) groups is 1. The maximum atomic E-state index is 13.2. The third kappa shape index (κ3) is 6.84. The van der Waals surface area contributed by atoms with Crippen molar-refractivity contribution >= 4 is 21.9 Å². The molecule has 0 amide bonds. The fourth-order valence-electron chi connectivity index (χ4n) is 5.71. The number of nitrogens with zero attached hydrogens (tertiary/aromatic N) is 3. The number of aryl methyl sites for hydroxylation is 2. The number of rotatable bonds is 12. The summed E-state index contributed by atoms with van der Waals surface area (Å²) in [4.78, 5) is 24.0. The normalized spacial score (nSPS) is 16.8. The van der Waals surface area contributed by atoms with Crippen LogP contribution in [0.2, 0.25) is 0 Å². The van der Waals surface area contributed by atoms with E-state index >= 15 is 0 Å². The molecule has 41 heavy (non-hydrogen) atoms. The molecular formula is C30H37N5O5S. The molecule has 11 heteroatoms. The van der Waals surface area contributed by atoms with Crippen LogP contribution in [0.3, 0.4) is 0 Å². The van der Waals surface area contributed by atoms with E-state index in [1.165, 1.54) is 43.9 Å². The number of pyridine rings is 1. The van der Waals surface area contributed by atoms with Gasteiger partial charge in [-0.1, -0.05) is 38.1 Å². The number of ether oxygens (including phenoxy) is 1. The molecule has 3 N–H and O–H groups in total. The third-order valence-electron chi connectivity index (χ3n) is 7.86. The van der Waals surface area contributed by atoms with Crippen LogP contribution in [0.15, 0.2) is 47.5 Å². The molecule has 3 aromatic rings. The molecule has 0 aliphatic heterocycles. The van der Waals surface area contributed by atoms with E-state index in [1.807, 2.05) is 32.0 Å². The van der Waals surface area contributed by atoms with Crippen LogP contribution in [0, 0.1) is 25.2 Å². The van der Waals surface area contributed by atoms with E-state index in [0.717, 1.165) is 23.1 Å². The van der Waals surface area contributed by atoms with Crippen molar-refractivity contribution < 1.29 is 23.1 Å². The van der Waals surface area contributed by atoms with Crippen LogP contribution >= 0.6 is 0 Å². The topological polar surface area (TPSA) is 143 Å². The van der Waals surface area contributed by atoms with Gasteiger partial charge in [0, 0.05) is 23.7 Å². The van der Waals surface area contributed by atoms with Crippen molar-refractivity contribution in [3.05, 3.63) is 59.3 Å². The second-order valence-corrected chi connectivity index (χ2v) is 13.5. The Balaban J connectivity index is 1.42. The first kappa shape index (κ1) is 28.9. The standard InChI is InChI=1S/C30H37N5O5S/c1-18(2)13-21(31-22-15-30(16-22)11-12-30)17-40-25-14-24(27-19(3)7-5-8-20(27)4)33-29(34-25)35-41(38,39)26-10-6-9-23(32-26)28(36)37/h5-10,14,18,21-22,31H,11-13,15-17H2,1-4H3,(H,36,37)(H,33,34,35)/t21-/m1/s1. The maximum Gasteiger partial charge on any atom is 0.354 e. The minimum atomic E-state index is -4.29. The number of benzene rings is 1. The Morgan fingerprint density at radius 3 is 2.39 bits per heavy atom. The number of nitrogens with one attached hydrogen (secondary N) is 2. The van der Waals surface area contributed by atoms with Gasteiger partial charge in [-0.2, -0.15) is 13.4 Å². The first-order valence-electron chi connectivity index (χ1n) is 14.0. The van der Waals surface area contributed by atoms with Gasteiger partial charge in [0.1, 0.15) is 12.3 Å². The number of anilines is 1. The van der Waals surface area contributed by atoms with Gasteiger partial charge in [-0.15, -0.1) is 0 Å². The molecule has 1 atom stereocenters. The molecule has 2 aliphatic carbocycles. The van der Waals surface area contributed by atoms with Gasteiger partial charge in [0.2, 0.25) is 11.8 Å². The van der Waals surface area contributed by atoms with Crippen LogP contribution < -0.4 is 14.8 Å². The van der Waals surface area contributed by atoms with E-state index < -0.39 is 21.0 Å². The fourth-order valence-corrected chi connectivity index (χ4v) is 6.62. The summed E-state index contributed by atoms with van der Waals surface area (Å²) in [7, 11) is -4.29. The molecule has 0 saturated heterocycles. The predicted molar refractivity (Wildman–Crippen MR) is 156 cm³/mol. The molecule has 0 radical (unpaired) electrons. The molecule has 1 aromatic carbocycles. The van der Waals surface area contributed by atoms with E-state index in [2.05, 4.69) is 38.8 Å². The average Bonchev–Trinajstić information content (AvgIpc) is 3.67. The molecule has 218 valence electrons. The Kier molecular flexibility index (Phi) is 8.02. The fraction of sp³-hybridized carbons (Fsp3) is 0.467. The SMILES string of the molecule is Cc1cccc(C)c1-c1cc(OC[C@@H](CC(C)C)NC2CC3(CC3)C2)nc(NS(=O)(=O)c2cccc(C(=O)O)n2)n1. The largest absolute Gasteiger partial charge is 0.477 e. The zero-order valence-electron chi connectivity index (χ0n) is 23.8. The van der Waals surface area contributed by atoms with Crippen LogP contribution in [-0.4, -0.2) is 53.1 Å². The Bertz CT molecular complexity index is 1530. The molecule has 2 aromatic heterocycles. The summed E-state index contributed by atoms with van der Waals surface area (Å²) >= 11 is 0. The molecular weight excluding hydrogens is 542 g/mol. The number of aromatic nitrogens is 3. The Labute approximate surface area is 241 Å². The number of aromatic carboxylic acids is 1. The highest BCUT2D eigenvalue weighted by atomic mass is 32.2. The lowest BCUT2D eigenvalue weighted by molar-refractivity contribution is 0.0689. The molecule has 2 fully saturated rings. The molecule has 0 bridgehead atoms. The van der Waals surface area contributed by atoms with Crippen LogP contribution in [0.5, 0.6) is 5.88 Å². The van der Waals surface area contributed by atoms with Gasteiger partial charge in [0.15, 0.2) is 5.03 Å². The van der Waals surface area contributed by atoms with Crippen molar-refractivity contribution in [2.75, 3.05) is 11.3 Å². The van der Waals surface area contributed by atoms with Crippen molar-refractivity contribution in [2.24, 2.45) is 11.3 Å². The summed E-state index contributed by atoms with van der Waals surface area (Å²) < 4.78 is 34.9. The molecule has 5 rings (SSSR count). The number of hydrogen-bond acceptors (Lipinski definition) is 8. The van der Waals surface area contributed by atoms with Crippen molar-refractivity contribution in [2.45, 2.75) is 76.9 Å². The minimum Gasteiger partial charge on any atom is -0.477 e. The highest BCUT2D eigenvalue weighted by Crippen LogP contribution is 2.60. The zero-order valence-corrected chi connectivity index (χ0v) is 24.7. The minimum absolute atomic E-state index is 0.123. The van der Waals surface area contributed by atoms with Crippen molar-refractivity contribution in [1.82, 2.24) is 20.3 Å². The first-order valence-corrected chi connectivity index (χ1v) is 15.5. The lowest BCUT2D eigenvalue weighted by Gasteiger charge is -2.39. The van der Waals surface area contributed by atoms with Gasteiger partial charge in [-0.25, -0.2) is 19.5 Å². The van der Waals surface area contributed by atoms with Gasteiger partial charge in [0.25, 0.3) is 10.0 Å². The first-order chi connectivity index (χ1) is 19.4. The molecule has 1 spiro atoms. The Morgan fingerprint density at radius 1 is 1.07 bits per heavy atom. The Morgan fingerprint density at radius 2 is 1.76 bits per heavy atom. The molecule has 2 aliphatic rings. The average molecular weight is 580 g/mol. The summed E-state index contributed by atoms with van der Waals surface area (Å²) in [6.07, 6.45) is 6.05. The lowest BCUT2D eigenvalue weighted by Crippen LogP contribution is -2.49. The second-order valence-electron chi connectivity index (χ2n) is 11.9. The van der Waals surface area contributed by atoms with E-state index in [4.69, 9.17) is 4.74 Å². The number of carboxylic acids is 1. The van der Waals surface area contributed by atoms with Gasteiger partial charge in [-0.05, 0) is 80.5 Å². The van der Waals surface area contributed by atoms with Gasteiger partial charge in [0.05, 0.1) is 5.69 Å². The van der Waals surface area contributed by atoms with Gasteiger partial charge < -0.3 is 15.2 Å². The van der Waals surface area contributed by atoms with Crippen molar-refractivity contribution in [3.8, 4) is 17.1 Å². The summed E-state index contributed by atoms with van der Waals surface area (Å²) in [5.41, 5.74) is 3.52. The number of sulfonamides is 1. The smallest absolute Gasteiger partial charge is 0.354 e. The molecule has 2 saturated carbocycles. The quantitative estimate of drug-likeness (QED) is 0.271. The molecule has 0 unspecified atom stereocenters. The summed E-state index contributed by atoms with van der Waals surface area (Å²) in [5.74, 6) is -0.806. The lowest BCUT2D eigenvalue weighted by atomic mass is 9.76. The number of carboxylic acid groups (broad SMARTS) is 1. The summed E-state index contributed by atoms with van der Waals surface area (Å²) in [5, 5.41) is 12.6. The van der Waals surface area contributed by atoms with E-state index in [-0.39, 0.29) is 23.6 Å². The third-order valence-corrected chi connectivity index (χ3v) is 9.09. The van der Waals surface area contributed by atoms with Crippen LogP contribution in [0.4, 0.5) is 5.95 Å². The highest BCUT2D eigenvalue weighted by Gasteiger charge is 2.53. The van der Waals surface area contributed by atoms with E-state index in [9.17, 15) is 18.3 Å².